The average Bonchev–Trinajstić information content (AvgIpc) is 3.18. The topological polar surface area (TPSA) is 54.3 Å². The molecule has 0 spiro atoms. The van der Waals surface area contributed by atoms with Crippen LogP contribution in [0.4, 0.5) is 4.39 Å². The maximum Gasteiger partial charge on any atom is 0.253 e. The van der Waals surface area contributed by atoms with Gasteiger partial charge in [-0.15, -0.1) is 10.2 Å². The molecule has 31 heavy (non-hydrogen) atoms. The van der Waals surface area contributed by atoms with Crippen molar-refractivity contribution in [3.63, 3.8) is 0 Å². The number of hydrogen-bond acceptors (Lipinski definition) is 5. The SMILES string of the molecule is CCN1CCN(C(=O)c2ccc(CSc3nnc(C)n3-c3ccccc3F)cc2)CC1. The highest BCUT2D eigenvalue weighted by molar-refractivity contribution is 7.98. The third kappa shape index (κ3) is 4.80. The summed E-state index contributed by atoms with van der Waals surface area (Å²) in [5.41, 5.74) is 2.22. The molecule has 0 atom stereocenters. The van der Waals surface area contributed by atoms with E-state index in [2.05, 4.69) is 22.0 Å². The van der Waals surface area contributed by atoms with Gasteiger partial charge in [-0.1, -0.05) is 43.0 Å². The highest BCUT2D eigenvalue weighted by atomic mass is 32.2. The number of benzene rings is 2. The molecule has 3 aromatic rings. The van der Waals surface area contributed by atoms with E-state index >= 15 is 0 Å². The van der Waals surface area contributed by atoms with Gasteiger partial charge in [0.1, 0.15) is 11.6 Å². The summed E-state index contributed by atoms with van der Waals surface area (Å²) in [7, 11) is 0. The van der Waals surface area contributed by atoms with Crippen molar-refractivity contribution in [3.05, 3.63) is 71.3 Å². The van der Waals surface area contributed by atoms with Gasteiger partial charge in [-0.2, -0.15) is 0 Å². The van der Waals surface area contributed by atoms with Crippen molar-refractivity contribution in [3.8, 4) is 5.69 Å². The number of aromatic nitrogens is 3. The Kier molecular flexibility index (Phi) is 6.67. The molecule has 1 aromatic heterocycles. The van der Waals surface area contributed by atoms with Crippen molar-refractivity contribution < 1.29 is 9.18 Å². The van der Waals surface area contributed by atoms with Gasteiger partial charge in [-0.25, -0.2) is 4.39 Å². The first-order valence-electron chi connectivity index (χ1n) is 10.5. The molecular formula is C23H26FN5OS. The van der Waals surface area contributed by atoms with Crippen LogP contribution >= 0.6 is 11.8 Å². The molecule has 0 unspecified atom stereocenters. The number of hydrogen-bond donors (Lipinski definition) is 0. The lowest BCUT2D eigenvalue weighted by Gasteiger charge is -2.34. The lowest BCUT2D eigenvalue weighted by Crippen LogP contribution is -2.48. The summed E-state index contributed by atoms with van der Waals surface area (Å²) in [5, 5.41) is 8.97. The molecule has 6 nitrogen and oxygen atoms in total. The van der Waals surface area contributed by atoms with Crippen LogP contribution in [0.15, 0.2) is 53.7 Å². The van der Waals surface area contributed by atoms with Crippen molar-refractivity contribution in [2.24, 2.45) is 0 Å². The molecule has 0 saturated carbocycles. The summed E-state index contributed by atoms with van der Waals surface area (Å²) in [6.45, 7) is 8.39. The largest absolute Gasteiger partial charge is 0.336 e. The fraction of sp³-hybridized carbons (Fsp3) is 0.348. The molecule has 162 valence electrons. The maximum absolute atomic E-state index is 14.3. The highest BCUT2D eigenvalue weighted by Crippen LogP contribution is 2.26. The van der Waals surface area contributed by atoms with Crippen LogP contribution in [0, 0.1) is 12.7 Å². The molecule has 1 aliphatic heterocycles. The number of para-hydroxylation sites is 1. The van der Waals surface area contributed by atoms with Gasteiger partial charge in [0.05, 0.1) is 5.69 Å². The van der Waals surface area contributed by atoms with Gasteiger partial charge in [0.2, 0.25) is 0 Å². The zero-order valence-corrected chi connectivity index (χ0v) is 18.6. The van der Waals surface area contributed by atoms with Crippen molar-refractivity contribution in [1.82, 2.24) is 24.6 Å². The van der Waals surface area contributed by atoms with E-state index in [1.165, 1.54) is 17.8 Å². The number of halogens is 1. The predicted molar refractivity (Wildman–Crippen MR) is 120 cm³/mol. The van der Waals surface area contributed by atoms with Gasteiger partial charge < -0.3 is 9.80 Å². The van der Waals surface area contributed by atoms with Crippen LogP contribution in [0.3, 0.4) is 0 Å². The van der Waals surface area contributed by atoms with Crippen molar-refractivity contribution in [2.75, 3.05) is 32.7 Å². The normalized spacial score (nSPS) is 14.7. The first-order valence-corrected chi connectivity index (χ1v) is 11.5. The molecule has 0 N–H and O–H groups in total. The molecule has 1 fully saturated rings. The Morgan fingerprint density at radius 3 is 2.42 bits per heavy atom. The van der Waals surface area contributed by atoms with E-state index in [-0.39, 0.29) is 11.7 Å². The summed E-state index contributed by atoms with van der Waals surface area (Å²) in [6, 6.07) is 14.3. The van der Waals surface area contributed by atoms with Gasteiger partial charge in [0.25, 0.3) is 5.91 Å². The van der Waals surface area contributed by atoms with Crippen LogP contribution < -0.4 is 0 Å². The third-order valence-corrected chi connectivity index (χ3v) is 6.56. The number of thioether (sulfide) groups is 1. The minimum atomic E-state index is -0.310. The monoisotopic (exact) mass is 439 g/mol. The Morgan fingerprint density at radius 1 is 1.03 bits per heavy atom. The molecule has 1 saturated heterocycles. The number of nitrogens with zero attached hydrogens (tertiary/aromatic N) is 5. The fourth-order valence-corrected chi connectivity index (χ4v) is 4.63. The van der Waals surface area contributed by atoms with Crippen LogP contribution in [0.1, 0.15) is 28.7 Å². The third-order valence-electron chi connectivity index (χ3n) is 5.56. The Balaban J connectivity index is 1.41. The minimum Gasteiger partial charge on any atom is -0.336 e. The van der Waals surface area contributed by atoms with Crippen LogP contribution in [0.2, 0.25) is 0 Å². The number of rotatable bonds is 6. The van der Waals surface area contributed by atoms with Gasteiger partial charge in [0, 0.05) is 37.5 Å². The zero-order chi connectivity index (χ0) is 21.8. The second kappa shape index (κ2) is 9.62. The molecule has 2 aromatic carbocycles. The second-order valence-electron chi connectivity index (χ2n) is 7.53. The molecule has 0 bridgehead atoms. The Hall–Kier alpha value is -2.71. The van der Waals surface area contributed by atoms with Crippen LogP contribution in [0.25, 0.3) is 5.69 Å². The van der Waals surface area contributed by atoms with E-state index in [1.54, 1.807) is 22.8 Å². The van der Waals surface area contributed by atoms with Crippen LogP contribution in [-0.4, -0.2) is 63.2 Å². The molecule has 8 heteroatoms. The predicted octanol–water partition coefficient (Wildman–Crippen LogP) is 3.78. The summed E-state index contributed by atoms with van der Waals surface area (Å²) in [6.07, 6.45) is 0. The van der Waals surface area contributed by atoms with Crippen LogP contribution in [-0.2, 0) is 5.75 Å². The lowest BCUT2D eigenvalue weighted by molar-refractivity contribution is 0.0643. The van der Waals surface area contributed by atoms with Gasteiger partial charge in [-0.05, 0) is 43.3 Å². The summed E-state index contributed by atoms with van der Waals surface area (Å²) in [5.74, 6) is 1.06. The molecule has 2 heterocycles. The van der Waals surface area contributed by atoms with E-state index in [9.17, 15) is 9.18 Å². The number of amides is 1. The number of carbonyl (C=O) groups excluding carboxylic acids is 1. The van der Waals surface area contributed by atoms with Crippen molar-refractivity contribution in [2.45, 2.75) is 24.8 Å². The van der Waals surface area contributed by atoms with Gasteiger partial charge in [-0.3, -0.25) is 9.36 Å². The number of aryl methyl sites for hydroxylation is 1. The minimum absolute atomic E-state index is 0.0878. The molecular weight excluding hydrogens is 413 g/mol. The zero-order valence-electron chi connectivity index (χ0n) is 17.8. The lowest BCUT2D eigenvalue weighted by atomic mass is 10.1. The standard InChI is InChI=1S/C23H26FN5OS/c1-3-27-12-14-28(15-13-27)22(30)19-10-8-18(9-11-19)16-31-23-26-25-17(2)29(23)21-7-5-4-6-20(21)24/h4-11H,3,12-16H2,1-2H3. The van der Waals surface area contributed by atoms with E-state index in [1.807, 2.05) is 36.1 Å². The fourth-order valence-electron chi connectivity index (χ4n) is 3.69. The molecule has 1 aliphatic rings. The Labute approximate surface area is 186 Å². The number of carbonyl (C=O) groups is 1. The molecule has 0 aliphatic carbocycles. The average molecular weight is 440 g/mol. The Bertz CT molecular complexity index is 1040. The molecule has 4 rings (SSSR count). The quantitative estimate of drug-likeness (QED) is 0.547. The summed E-state index contributed by atoms with van der Waals surface area (Å²) >= 11 is 1.49. The van der Waals surface area contributed by atoms with E-state index in [4.69, 9.17) is 0 Å². The maximum atomic E-state index is 14.3. The van der Waals surface area contributed by atoms with E-state index in [0.29, 0.717) is 28.0 Å². The van der Waals surface area contributed by atoms with E-state index < -0.39 is 0 Å². The molecule has 0 radical (unpaired) electrons. The Morgan fingerprint density at radius 2 is 1.74 bits per heavy atom. The van der Waals surface area contributed by atoms with Crippen molar-refractivity contribution in [1.29, 1.82) is 0 Å². The first kappa shape index (κ1) is 21.5. The number of likely N-dealkylation sites (N-methyl/N-ethyl adjacent to an activating group) is 1. The van der Waals surface area contributed by atoms with Crippen molar-refractivity contribution >= 4 is 17.7 Å². The molecule has 1 amide bonds. The van der Waals surface area contributed by atoms with Gasteiger partial charge in [0.15, 0.2) is 5.16 Å². The van der Waals surface area contributed by atoms with Gasteiger partial charge >= 0.3 is 0 Å². The highest BCUT2D eigenvalue weighted by Gasteiger charge is 2.21. The summed E-state index contributed by atoms with van der Waals surface area (Å²) in [4.78, 5) is 17.0. The smallest absolute Gasteiger partial charge is 0.253 e. The van der Waals surface area contributed by atoms with Crippen LogP contribution in [0.5, 0.6) is 0 Å². The first-order chi connectivity index (χ1) is 15.1. The van der Waals surface area contributed by atoms with E-state index in [0.717, 1.165) is 38.3 Å². The second-order valence-corrected chi connectivity index (χ2v) is 8.47. The number of piperazine rings is 1. The summed E-state index contributed by atoms with van der Waals surface area (Å²) < 4.78 is 16.0.